The van der Waals surface area contributed by atoms with Crippen molar-refractivity contribution in [2.75, 3.05) is 0 Å². The van der Waals surface area contributed by atoms with E-state index in [9.17, 15) is 4.79 Å². The van der Waals surface area contributed by atoms with Crippen LogP contribution >= 0.6 is 0 Å². The van der Waals surface area contributed by atoms with Crippen molar-refractivity contribution in [3.8, 4) is 11.1 Å². The number of carbonyl (C=O) groups excluding carboxylic acids is 1. The minimum Gasteiger partial charge on any atom is -0.294 e. The number of fused-ring (bicyclic) bond motifs is 1. The molecular weight excluding hydrogens is 212 g/mol. The zero-order chi connectivity index (χ0) is 11.8. The average Bonchev–Trinajstić information content (AvgIpc) is 2.76. The van der Waals surface area contributed by atoms with Gasteiger partial charge in [-0.25, -0.2) is 0 Å². The number of aromatic nitrogens is 2. The SMILES string of the molecule is Cn1cc(-c2ccc3c(c2)CCCC3=O)cn1. The predicted molar refractivity (Wildman–Crippen MR) is 65.9 cm³/mol. The number of ketones is 1. The Kier molecular flexibility index (Phi) is 2.32. The maximum Gasteiger partial charge on any atom is 0.163 e. The lowest BCUT2D eigenvalue weighted by Crippen LogP contribution is -2.10. The van der Waals surface area contributed by atoms with E-state index >= 15 is 0 Å². The monoisotopic (exact) mass is 226 g/mol. The molecule has 17 heavy (non-hydrogen) atoms. The molecule has 0 fully saturated rings. The quantitative estimate of drug-likeness (QED) is 0.749. The first-order valence-corrected chi connectivity index (χ1v) is 5.89. The molecule has 0 bridgehead atoms. The number of benzene rings is 1. The van der Waals surface area contributed by atoms with Gasteiger partial charge >= 0.3 is 0 Å². The predicted octanol–water partition coefficient (Wildman–Crippen LogP) is 2.61. The molecule has 0 N–H and O–H groups in total. The molecule has 0 spiro atoms. The maximum absolute atomic E-state index is 11.7. The zero-order valence-electron chi connectivity index (χ0n) is 9.81. The number of nitrogens with zero attached hydrogens (tertiary/aromatic N) is 2. The van der Waals surface area contributed by atoms with Crippen LogP contribution < -0.4 is 0 Å². The maximum atomic E-state index is 11.7. The lowest BCUT2D eigenvalue weighted by Gasteiger charge is -2.15. The lowest BCUT2D eigenvalue weighted by atomic mass is 9.89. The molecule has 86 valence electrons. The highest BCUT2D eigenvalue weighted by atomic mass is 16.1. The molecule has 0 saturated carbocycles. The van der Waals surface area contributed by atoms with Gasteiger partial charge in [-0.05, 0) is 24.0 Å². The minimum atomic E-state index is 0.281. The Balaban J connectivity index is 2.06. The number of Topliss-reactive ketones (excluding diaryl/α,β-unsaturated/α-hetero) is 1. The van der Waals surface area contributed by atoms with Gasteiger partial charge in [-0.3, -0.25) is 9.48 Å². The van der Waals surface area contributed by atoms with E-state index in [0.29, 0.717) is 6.42 Å². The van der Waals surface area contributed by atoms with Crippen molar-refractivity contribution in [1.29, 1.82) is 0 Å². The second-order valence-corrected chi connectivity index (χ2v) is 4.55. The molecule has 0 saturated heterocycles. The Hall–Kier alpha value is -1.90. The molecule has 0 unspecified atom stereocenters. The van der Waals surface area contributed by atoms with Crippen LogP contribution in [-0.2, 0) is 13.5 Å². The minimum absolute atomic E-state index is 0.281. The molecule has 1 aromatic heterocycles. The smallest absolute Gasteiger partial charge is 0.163 e. The fourth-order valence-corrected chi connectivity index (χ4v) is 2.40. The van der Waals surface area contributed by atoms with Gasteiger partial charge in [0, 0.05) is 30.8 Å². The Morgan fingerprint density at radius 2 is 2.12 bits per heavy atom. The standard InChI is InChI=1S/C14H14N2O/c1-16-9-12(8-15-16)10-5-6-13-11(7-10)3-2-4-14(13)17/h5-9H,2-4H2,1H3. The van der Waals surface area contributed by atoms with Gasteiger partial charge in [0.15, 0.2) is 5.78 Å². The van der Waals surface area contributed by atoms with Crippen molar-refractivity contribution >= 4 is 5.78 Å². The summed E-state index contributed by atoms with van der Waals surface area (Å²) in [6.07, 6.45) is 6.52. The molecule has 3 heteroatoms. The summed E-state index contributed by atoms with van der Waals surface area (Å²) in [6, 6.07) is 6.10. The number of rotatable bonds is 1. The van der Waals surface area contributed by atoms with Gasteiger partial charge < -0.3 is 0 Å². The van der Waals surface area contributed by atoms with E-state index in [1.54, 1.807) is 4.68 Å². The van der Waals surface area contributed by atoms with Crippen molar-refractivity contribution in [3.63, 3.8) is 0 Å². The molecule has 0 aliphatic heterocycles. The molecule has 1 aliphatic carbocycles. The van der Waals surface area contributed by atoms with Crippen molar-refractivity contribution in [1.82, 2.24) is 9.78 Å². The van der Waals surface area contributed by atoms with Crippen LogP contribution in [0, 0.1) is 0 Å². The van der Waals surface area contributed by atoms with Crippen LogP contribution in [0.3, 0.4) is 0 Å². The number of hydrogen-bond acceptors (Lipinski definition) is 2. The summed E-state index contributed by atoms with van der Waals surface area (Å²) >= 11 is 0. The summed E-state index contributed by atoms with van der Waals surface area (Å²) in [6.45, 7) is 0. The highest BCUT2D eigenvalue weighted by molar-refractivity contribution is 5.99. The van der Waals surface area contributed by atoms with E-state index in [1.165, 1.54) is 5.56 Å². The average molecular weight is 226 g/mol. The van der Waals surface area contributed by atoms with Gasteiger partial charge in [0.25, 0.3) is 0 Å². The van der Waals surface area contributed by atoms with Gasteiger partial charge in [-0.1, -0.05) is 18.2 Å². The molecule has 3 nitrogen and oxygen atoms in total. The van der Waals surface area contributed by atoms with E-state index in [2.05, 4.69) is 11.2 Å². The van der Waals surface area contributed by atoms with Crippen LogP contribution in [0.1, 0.15) is 28.8 Å². The Morgan fingerprint density at radius 1 is 1.24 bits per heavy atom. The molecule has 2 aromatic rings. The Morgan fingerprint density at radius 3 is 2.88 bits per heavy atom. The first-order valence-electron chi connectivity index (χ1n) is 5.89. The third-order valence-electron chi connectivity index (χ3n) is 3.29. The van der Waals surface area contributed by atoms with Crippen LogP contribution in [0.5, 0.6) is 0 Å². The van der Waals surface area contributed by atoms with Crippen molar-refractivity contribution in [3.05, 3.63) is 41.7 Å². The number of hydrogen-bond donors (Lipinski definition) is 0. The van der Waals surface area contributed by atoms with E-state index in [4.69, 9.17) is 0 Å². The summed E-state index contributed by atoms with van der Waals surface area (Å²) < 4.78 is 1.79. The zero-order valence-corrected chi connectivity index (χ0v) is 9.81. The van der Waals surface area contributed by atoms with Crippen molar-refractivity contribution in [2.24, 2.45) is 7.05 Å². The molecule has 3 rings (SSSR count). The molecule has 0 amide bonds. The van der Waals surface area contributed by atoms with Gasteiger partial charge in [0.2, 0.25) is 0 Å². The highest BCUT2D eigenvalue weighted by Crippen LogP contribution is 2.27. The van der Waals surface area contributed by atoms with Gasteiger partial charge in [-0.15, -0.1) is 0 Å². The van der Waals surface area contributed by atoms with Crippen molar-refractivity contribution < 1.29 is 4.79 Å². The van der Waals surface area contributed by atoms with Crippen LogP contribution in [0.2, 0.25) is 0 Å². The lowest BCUT2D eigenvalue weighted by molar-refractivity contribution is 0.0972. The van der Waals surface area contributed by atoms with E-state index in [-0.39, 0.29) is 5.78 Å². The summed E-state index contributed by atoms with van der Waals surface area (Å²) in [4.78, 5) is 11.7. The van der Waals surface area contributed by atoms with Crippen molar-refractivity contribution in [2.45, 2.75) is 19.3 Å². The summed E-state index contributed by atoms with van der Waals surface area (Å²) in [7, 11) is 1.91. The number of aryl methyl sites for hydroxylation is 2. The van der Waals surface area contributed by atoms with E-state index in [0.717, 1.165) is 29.5 Å². The fourth-order valence-electron chi connectivity index (χ4n) is 2.40. The topological polar surface area (TPSA) is 34.9 Å². The van der Waals surface area contributed by atoms with Crippen LogP contribution in [-0.4, -0.2) is 15.6 Å². The molecule has 1 heterocycles. The summed E-state index contributed by atoms with van der Waals surface area (Å²) in [5, 5.41) is 4.17. The molecule has 0 atom stereocenters. The van der Waals surface area contributed by atoms with E-state index in [1.807, 2.05) is 31.6 Å². The Bertz CT molecular complexity index is 584. The van der Waals surface area contributed by atoms with Crippen LogP contribution in [0.4, 0.5) is 0 Å². The first-order chi connectivity index (χ1) is 8.24. The molecule has 1 aliphatic rings. The van der Waals surface area contributed by atoms with E-state index < -0.39 is 0 Å². The highest BCUT2D eigenvalue weighted by Gasteiger charge is 2.17. The normalized spacial score (nSPS) is 14.8. The van der Waals surface area contributed by atoms with Crippen LogP contribution in [0.15, 0.2) is 30.6 Å². The first kappa shape index (κ1) is 10.3. The summed E-state index contributed by atoms with van der Waals surface area (Å²) in [5.41, 5.74) is 4.34. The second kappa shape index (κ2) is 3.84. The van der Waals surface area contributed by atoms with Gasteiger partial charge in [0.05, 0.1) is 6.20 Å². The fraction of sp³-hybridized carbons (Fsp3) is 0.286. The molecule has 1 aromatic carbocycles. The summed E-state index contributed by atoms with van der Waals surface area (Å²) in [5.74, 6) is 0.281. The second-order valence-electron chi connectivity index (χ2n) is 4.55. The van der Waals surface area contributed by atoms with Crippen LogP contribution in [0.25, 0.3) is 11.1 Å². The van der Waals surface area contributed by atoms with Gasteiger partial charge in [0.1, 0.15) is 0 Å². The molecular formula is C14H14N2O. The number of carbonyl (C=O) groups is 1. The van der Waals surface area contributed by atoms with Gasteiger partial charge in [-0.2, -0.15) is 5.10 Å². The third-order valence-corrected chi connectivity index (χ3v) is 3.29. The largest absolute Gasteiger partial charge is 0.294 e. The molecule has 0 radical (unpaired) electrons. The third kappa shape index (κ3) is 1.78. The Labute approximate surface area is 100 Å².